The summed E-state index contributed by atoms with van der Waals surface area (Å²) >= 11 is 0. The van der Waals surface area contributed by atoms with Crippen LogP contribution in [0.5, 0.6) is 0 Å². The Kier molecular flexibility index (Phi) is 2.59. The Morgan fingerprint density at radius 1 is 1.50 bits per heavy atom. The SMILES string of the molecule is CC(=O)[C@H]1CNC[C@H]1c1ccccn1. The Hall–Kier alpha value is -1.22. The number of nitrogens with one attached hydrogen (secondary N) is 1. The predicted molar refractivity (Wildman–Crippen MR) is 54.0 cm³/mol. The number of pyridine rings is 1. The molecule has 0 aliphatic carbocycles. The molecule has 1 aromatic rings. The minimum Gasteiger partial charge on any atom is -0.315 e. The molecule has 3 heteroatoms. The van der Waals surface area contributed by atoms with E-state index in [0.717, 1.165) is 18.8 Å². The van der Waals surface area contributed by atoms with E-state index >= 15 is 0 Å². The molecule has 0 amide bonds. The van der Waals surface area contributed by atoms with Crippen LogP contribution in [-0.4, -0.2) is 23.9 Å². The molecule has 1 aromatic heterocycles. The molecule has 0 bridgehead atoms. The number of rotatable bonds is 2. The molecule has 0 spiro atoms. The predicted octanol–water partition coefficient (Wildman–Crippen LogP) is 0.974. The lowest BCUT2D eigenvalue weighted by molar-refractivity contribution is -0.120. The lowest BCUT2D eigenvalue weighted by Gasteiger charge is -2.14. The number of carbonyl (C=O) groups excluding carboxylic acids is 1. The second-order valence-corrected chi connectivity index (χ2v) is 3.74. The van der Waals surface area contributed by atoms with Crippen LogP contribution < -0.4 is 5.32 Å². The standard InChI is InChI=1S/C11H14N2O/c1-8(14)9-6-12-7-10(9)11-4-2-3-5-13-11/h2-5,9-10,12H,6-7H2,1H3/t9-,10-/m1/s1. The average molecular weight is 190 g/mol. The highest BCUT2D eigenvalue weighted by Gasteiger charge is 2.32. The van der Waals surface area contributed by atoms with E-state index in [9.17, 15) is 4.79 Å². The molecule has 1 aliphatic rings. The Morgan fingerprint density at radius 3 is 3.00 bits per heavy atom. The van der Waals surface area contributed by atoms with Gasteiger partial charge in [-0.3, -0.25) is 9.78 Å². The number of carbonyl (C=O) groups is 1. The number of aromatic nitrogens is 1. The quantitative estimate of drug-likeness (QED) is 0.755. The van der Waals surface area contributed by atoms with E-state index in [-0.39, 0.29) is 17.6 Å². The van der Waals surface area contributed by atoms with Gasteiger partial charge < -0.3 is 5.32 Å². The molecule has 3 nitrogen and oxygen atoms in total. The zero-order valence-corrected chi connectivity index (χ0v) is 8.23. The molecule has 1 aliphatic heterocycles. The van der Waals surface area contributed by atoms with Crippen LogP contribution in [0.4, 0.5) is 0 Å². The summed E-state index contributed by atoms with van der Waals surface area (Å²) in [5.41, 5.74) is 1.03. The second kappa shape index (κ2) is 3.88. The summed E-state index contributed by atoms with van der Waals surface area (Å²) in [6, 6.07) is 5.86. The van der Waals surface area contributed by atoms with Crippen LogP contribution in [0.25, 0.3) is 0 Å². The van der Waals surface area contributed by atoms with Crippen LogP contribution in [-0.2, 0) is 4.79 Å². The number of hydrogen-bond donors (Lipinski definition) is 1. The van der Waals surface area contributed by atoms with E-state index in [2.05, 4.69) is 10.3 Å². The third kappa shape index (κ3) is 1.68. The smallest absolute Gasteiger partial charge is 0.134 e. The zero-order valence-electron chi connectivity index (χ0n) is 8.23. The molecule has 2 heterocycles. The van der Waals surface area contributed by atoms with Gasteiger partial charge in [0, 0.05) is 36.8 Å². The molecule has 1 saturated heterocycles. The maximum Gasteiger partial charge on any atom is 0.134 e. The largest absolute Gasteiger partial charge is 0.315 e. The molecule has 1 fully saturated rings. The van der Waals surface area contributed by atoms with Gasteiger partial charge >= 0.3 is 0 Å². The maximum absolute atomic E-state index is 11.4. The second-order valence-electron chi connectivity index (χ2n) is 3.74. The number of ketones is 1. The molecule has 2 rings (SSSR count). The lowest BCUT2D eigenvalue weighted by atomic mass is 9.90. The number of Topliss-reactive ketones (excluding diaryl/α,β-unsaturated/α-hetero) is 1. The Balaban J connectivity index is 2.22. The maximum atomic E-state index is 11.4. The molecule has 0 saturated carbocycles. The first-order valence-corrected chi connectivity index (χ1v) is 4.91. The molecule has 14 heavy (non-hydrogen) atoms. The van der Waals surface area contributed by atoms with E-state index in [1.54, 1.807) is 13.1 Å². The summed E-state index contributed by atoms with van der Waals surface area (Å²) in [4.78, 5) is 15.7. The van der Waals surface area contributed by atoms with E-state index < -0.39 is 0 Å². The minimum absolute atomic E-state index is 0.102. The summed E-state index contributed by atoms with van der Waals surface area (Å²) in [6.07, 6.45) is 1.78. The first kappa shape index (κ1) is 9.34. The third-order valence-electron chi connectivity index (χ3n) is 2.80. The van der Waals surface area contributed by atoms with Crippen molar-refractivity contribution in [1.82, 2.24) is 10.3 Å². The van der Waals surface area contributed by atoms with Crippen LogP contribution in [0, 0.1) is 5.92 Å². The van der Waals surface area contributed by atoms with Crippen molar-refractivity contribution in [1.29, 1.82) is 0 Å². The van der Waals surface area contributed by atoms with Crippen molar-refractivity contribution in [3.63, 3.8) is 0 Å². The van der Waals surface area contributed by atoms with Gasteiger partial charge in [-0.05, 0) is 19.1 Å². The third-order valence-corrected chi connectivity index (χ3v) is 2.80. The number of nitrogens with zero attached hydrogens (tertiary/aromatic N) is 1. The van der Waals surface area contributed by atoms with Gasteiger partial charge in [-0.1, -0.05) is 6.07 Å². The van der Waals surface area contributed by atoms with Crippen LogP contribution in [0.2, 0.25) is 0 Å². The summed E-state index contributed by atoms with van der Waals surface area (Å²) < 4.78 is 0. The van der Waals surface area contributed by atoms with Gasteiger partial charge in [-0.2, -0.15) is 0 Å². The molecule has 74 valence electrons. The molecule has 2 atom stereocenters. The summed E-state index contributed by atoms with van der Waals surface area (Å²) in [6.45, 7) is 3.31. The Morgan fingerprint density at radius 2 is 2.36 bits per heavy atom. The highest BCUT2D eigenvalue weighted by Crippen LogP contribution is 2.26. The molecular weight excluding hydrogens is 176 g/mol. The molecule has 0 aromatic carbocycles. The van der Waals surface area contributed by atoms with Crippen molar-refractivity contribution in [2.75, 3.05) is 13.1 Å². The van der Waals surface area contributed by atoms with E-state index in [4.69, 9.17) is 0 Å². The fourth-order valence-electron chi connectivity index (χ4n) is 2.01. The van der Waals surface area contributed by atoms with Crippen LogP contribution in [0.3, 0.4) is 0 Å². The first-order valence-electron chi connectivity index (χ1n) is 4.91. The van der Waals surface area contributed by atoms with Crippen LogP contribution in [0.15, 0.2) is 24.4 Å². The van der Waals surface area contributed by atoms with E-state index in [1.807, 2.05) is 18.2 Å². The van der Waals surface area contributed by atoms with E-state index in [1.165, 1.54) is 0 Å². The van der Waals surface area contributed by atoms with Crippen LogP contribution in [0.1, 0.15) is 18.5 Å². The van der Waals surface area contributed by atoms with Crippen molar-refractivity contribution < 1.29 is 4.79 Å². The zero-order chi connectivity index (χ0) is 9.97. The Bertz CT molecular complexity index is 323. The average Bonchev–Trinajstić information content (AvgIpc) is 2.67. The summed E-state index contributed by atoms with van der Waals surface area (Å²) in [7, 11) is 0. The van der Waals surface area contributed by atoms with Gasteiger partial charge in [-0.25, -0.2) is 0 Å². The molecule has 1 N–H and O–H groups in total. The Labute approximate surface area is 83.5 Å². The molecular formula is C11H14N2O. The lowest BCUT2D eigenvalue weighted by Crippen LogP contribution is -2.19. The topological polar surface area (TPSA) is 42.0 Å². The monoisotopic (exact) mass is 190 g/mol. The van der Waals surface area contributed by atoms with Crippen molar-refractivity contribution in [2.45, 2.75) is 12.8 Å². The summed E-state index contributed by atoms with van der Waals surface area (Å²) in [5, 5.41) is 3.24. The molecule has 0 unspecified atom stereocenters. The van der Waals surface area contributed by atoms with Gasteiger partial charge in [0.15, 0.2) is 0 Å². The van der Waals surface area contributed by atoms with Crippen molar-refractivity contribution >= 4 is 5.78 Å². The number of hydrogen-bond acceptors (Lipinski definition) is 3. The highest BCUT2D eigenvalue weighted by atomic mass is 16.1. The van der Waals surface area contributed by atoms with Gasteiger partial charge in [0.1, 0.15) is 5.78 Å². The van der Waals surface area contributed by atoms with Gasteiger partial charge in [0.2, 0.25) is 0 Å². The van der Waals surface area contributed by atoms with E-state index in [0.29, 0.717) is 0 Å². The van der Waals surface area contributed by atoms with Crippen molar-refractivity contribution in [3.8, 4) is 0 Å². The van der Waals surface area contributed by atoms with Gasteiger partial charge in [-0.15, -0.1) is 0 Å². The minimum atomic E-state index is 0.102. The highest BCUT2D eigenvalue weighted by molar-refractivity contribution is 5.80. The first-order chi connectivity index (χ1) is 6.79. The normalized spacial score (nSPS) is 26.4. The summed E-state index contributed by atoms with van der Waals surface area (Å²) in [5.74, 6) is 0.615. The fourth-order valence-corrected chi connectivity index (χ4v) is 2.01. The fraction of sp³-hybridized carbons (Fsp3) is 0.455. The van der Waals surface area contributed by atoms with Gasteiger partial charge in [0.25, 0.3) is 0 Å². The van der Waals surface area contributed by atoms with Crippen molar-refractivity contribution in [2.24, 2.45) is 5.92 Å². The van der Waals surface area contributed by atoms with Gasteiger partial charge in [0.05, 0.1) is 0 Å². The van der Waals surface area contributed by atoms with Crippen LogP contribution >= 0.6 is 0 Å². The van der Waals surface area contributed by atoms with Crippen molar-refractivity contribution in [3.05, 3.63) is 30.1 Å². The molecule has 0 radical (unpaired) electrons.